The second kappa shape index (κ2) is 6.74. The van der Waals surface area contributed by atoms with Crippen LogP contribution in [0.1, 0.15) is 28.3 Å². The highest BCUT2D eigenvalue weighted by Crippen LogP contribution is 2.35. The molecule has 0 aliphatic carbocycles. The van der Waals surface area contributed by atoms with Gasteiger partial charge in [-0.25, -0.2) is 5.43 Å². The predicted molar refractivity (Wildman–Crippen MR) is 82.4 cm³/mol. The normalized spacial score (nSPS) is 12.2. The average molecular weight is 292 g/mol. The number of rotatable bonds is 6. The molecule has 0 amide bonds. The Morgan fingerprint density at radius 3 is 2.55 bits per heavy atom. The van der Waals surface area contributed by atoms with Crippen LogP contribution in [-0.2, 0) is 6.42 Å². The third-order valence-electron chi connectivity index (χ3n) is 3.23. The first kappa shape index (κ1) is 14.8. The molecule has 2 aromatic rings. The maximum Gasteiger partial charge on any atom is 0.124 e. The lowest BCUT2D eigenvalue weighted by molar-refractivity contribution is 0.394. The quantitative estimate of drug-likeness (QED) is 0.635. The molecule has 0 bridgehead atoms. The van der Waals surface area contributed by atoms with Crippen molar-refractivity contribution in [3.8, 4) is 11.5 Å². The summed E-state index contributed by atoms with van der Waals surface area (Å²) in [6, 6.07) is 9.86. The summed E-state index contributed by atoms with van der Waals surface area (Å²) in [4.78, 5) is 2.50. The SMILES string of the molecule is CCc1ccc(C(NN)c2cc(OC)ccc2OC)s1. The van der Waals surface area contributed by atoms with Crippen LogP contribution in [0.2, 0.25) is 0 Å². The van der Waals surface area contributed by atoms with Crippen molar-refractivity contribution < 1.29 is 9.47 Å². The number of nitrogens with one attached hydrogen (secondary N) is 1. The van der Waals surface area contributed by atoms with Crippen LogP contribution < -0.4 is 20.7 Å². The third kappa shape index (κ3) is 2.95. The van der Waals surface area contributed by atoms with E-state index in [0.29, 0.717) is 0 Å². The van der Waals surface area contributed by atoms with Crippen LogP contribution in [0.15, 0.2) is 30.3 Å². The van der Waals surface area contributed by atoms with Crippen molar-refractivity contribution in [3.05, 3.63) is 45.6 Å². The molecule has 4 nitrogen and oxygen atoms in total. The van der Waals surface area contributed by atoms with Crippen LogP contribution in [0.25, 0.3) is 0 Å². The molecule has 108 valence electrons. The number of benzene rings is 1. The van der Waals surface area contributed by atoms with Gasteiger partial charge in [0.05, 0.1) is 20.3 Å². The first-order valence-electron chi connectivity index (χ1n) is 6.50. The van der Waals surface area contributed by atoms with Crippen LogP contribution >= 0.6 is 11.3 Å². The van der Waals surface area contributed by atoms with Crippen molar-refractivity contribution in [1.29, 1.82) is 0 Å². The smallest absolute Gasteiger partial charge is 0.124 e. The highest BCUT2D eigenvalue weighted by Gasteiger charge is 2.19. The van der Waals surface area contributed by atoms with E-state index < -0.39 is 0 Å². The number of hydrogen-bond acceptors (Lipinski definition) is 5. The number of aryl methyl sites for hydroxylation is 1. The second-order valence-corrected chi connectivity index (χ2v) is 5.57. The largest absolute Gasteiger partial charge is 0.497 e. The molecule has 0 spiro atoms. The van der Waals surface area contributed by atoms with Gasteiger partial charge in [0, 0.05) is 15.3 Å². The molecule has 0 aliphatic rings. The molecule has 20 heavy (non-hydrogen) atoms. The summed E-state index contributed by atoms with van der Waals surface area (Å²) in [6.07, 6.45) is 1.03. The van der Waals surface area contributed by atoms with Crippen molar-refractivity contribution in [2.75, 3.05) is 14.2 Å². The van der Waals surface area contributed by atoms with Crippen LogP contribution in [-0.4, -0.2) is 14.2 Å². The van der Waals surface area contributed by atoms with Gasteiger partial charge in [-0.15, -0.1) is 11.3 Å². The second-order valence-electron chi connectivity index (χ2n) is 4.37. The van der Waals surface area contributed by atoms with Gasteiger partial charge < -0.3 is 9.47 Å². The molecular formula is C15H20N2O2S. The Hall–Kier alpha value is -1.56. The van der Waals surface area contributed by atoms with E-state index >= 15 is 0 Å². The number of hydrogen-bond donors (Lipinski definition) is 2. The molecule has 0 saturated heterocycles. The van der Waals surface area contributed by atoms with Crippen molar-refractivity contribution in [2.45, 2.75) is 19.4 Å². The Morgan fingerprint density at radius 1 is 1.20 bits per heavy atom. The molecule has 0 saturated carbocycles. The summed E-state index contributed by atoms with van der Waals surface area (Å²) in [5.41, 5.74) is 3.84. The molecule has 1 aromatic heterocycles. The van der Waals surface area contributed by atoms with Gasteiger partial charge in [0.15, 0.2) is 0 Å². The fourth-order valence-corrected chi connectivity index (χ4v) is 3.16. The van der Waals surface area contributed by atoms with Crippen LogP contribution in [0.5, 0.6) is 11.5 Å². The molecule has 0 radical (unpaired) electrons. The first-order chi connectivity index (χ1) is 9.73. The zero-order chi connectivity index (χ0) is 14.5. The molecule has 0 aliphatic heterocycles. The van der Waals surface area contributed by atoms with E-state index in [1.807, 2.05) is 18.2 Å². The van der Waals surface area contributed by atoms with Crippen LogP contribution in [0.4, 0.5) is 0 Å². The Labute approximate surface area is 123 Å². The Morgan fingerprint density at radius 2 is 2.00 bits per heavy atom. The summed E-state index contributed by atoms with van der Waals surface area (Å²) in [5, 5.41) is 0. The molecule has 0 fully saturated rings. The van der Waals surface area contributed by atoms with E-state index in [4.69, 9.17) is 15.3 Å². The lowest BCUT2D eigenvalue weighted by atomic mass is 10.0. The number of ether oxygens (including phenoxy) is 2. The zero-order valence-corrected chi connectivity index (χ0v) is 12.8. The summed E-state index contributed by atoms with van der Waals surface area (Å²) in [5.74, 6) is 7.34. The molecule has 5 heteroatoms. The Bertz CT molecular complexity index is 569. The van der Waals surface area contributed by atoms with Gasteiger partial charge in [0.25, 0.3) is 0 Å². The lowest BCUT2D eigenvalue weighted by Crippen LogP contribution is -2.28. The maximum absolute atomic E-state index is 5.76. The van der Waals surface area contributed by atoms with Gasteiger partial charge in [-0.2, -0.15) is 0 Å². The average Bonchev–Trinajstić information content (AvgIpc) is 2.96. The third-order valence-corrected chi connectivity index (χ3v) is 4.52. The minimum atomic E-state index is -0.106. The van der Waals surface area contributed by atoms with Crippen LogP contribution in [0, 0.1) is 0 Å². The van der Waals surface area contributed by atoms with Crippen molar-refractivity contribution >= 4 is 11.3 Å². The minimum absolute atomic E-state index is 0.106. The van der Waals surface area contributed by atoms with Crippen LogP contribution in [0.3, 0.4) is 0 Å². The van der Waals surface area contributed by atoms with E-state index in [1.54, 1.807) is 25.6 Å². The lowest BCUT2D eigenvalue weighted by Gasteiger charge is -2.18. The topological polar surface area (TPSA) is 56.5 Å². The molecule has 1 atom stereocenters. The van der Waals surface area contributed by atoms with E-state index in [2.05, 4.69) is 24.5 Å². The number of nitrogens with two attached hydrogens (primary N) is 1. The summed E-state index contributed by atoms with van der Waals surface area (Å²) in [6.45, 7) is 2.15. The monoisotopic (exact) mass is 292 g/mol. The molecule has 1 unspecified atom stereocenters. The van der Waals surface area contributed by atoms with E-state index in [1.165, 1.54) is 4.88 Å². The molecule has 3 N–H and O–H groups in total. The predicted octanol–water partition coefficient (Wildman–Crippen LogP) is 2.88. The number of hydrazine groups is 1. The highest BCUT2D eigenvalue weighted by atomic mass is 32.1. The van der Waals surface area contributed by atoms with Gasteiger partial charge in [-0.1, -0.05) is 6.92 Å². The first-order valence-corrected chi connectivity index (χ1v) is 7.31. The minimum Gasteiger partial charge on any atom is -0.497 e. The fourth-order valence-electron chi connectivity index (χ4n) is 2.13. The fraction of sp³-hybridized carbons (Fsp3) is 0.333. The molecule has 1 heterocycles. The number of thiophene rings is 1. The standard InChI is InChI=1S/C15H20N2O2S/c1-4-11-6-8-14(20-11)15(17-16)12-9-10(18-2)5-7-13(12)19-3/h5-9,15,17H,4,16H2,1-3H3. The Balaban J connectivity index is 2.44. The van der Waals surface area contributed by atoms with E-state index in [0.717, 1.165) is 28.4 Å². The van der Waals surface area contributed by atoms with Gasteiger partial charge in [-0.05, 0) is 36.8 Å². The summed E-state index contributed by atoms with van der Waals surface area (Å²) < 4.78 is 10.7. The number of methoxy groups -OCH3 is 2. The van der Waals surface area contributed by atoms with Crippen molar-refractivity contribution in [1.82, 2.24) is 5.43 Å². The van der Waals surface area contributed by atoms with Gasteiger partial charge >= 0.3 is 0 Å². The Kier molecular flexibility index (Phi) is 5.00. The van der Waals surface area contributed by atoms with Gasteiger partial charge in [0.1, 0.15) is 11.5 Å². The molecular weight excluding hydrogens is 272 g/mol. The van der Waals surface area contributed by atoms with Gasteiger partial charge in [0.2, 0.25) is 0 Å². The molecule has 2 rings (SSSR count). The van der Waals surface area contributed by atoms with Crippen molar-refractivity contribution in [3.63, 3.8) is 0 Å². The summed E-state index contributed by atoms with van der Waals surface area (Å²) in [7, 11) is 3.31. The highest BCUT2D eigenvalue weighted by molar-refractivity contribution is 7.12. The van der Waals surface area contributed by atoms with Crippen molar-refractivity contribution in [2.24, 2.45) is 5.84 Å². The summed E-state index contributed by atoms with van der Waals surface area (Å²) >= 11 is 1.75. The van der Waals surface area contributed by atoms with E-state index in [-0.39, 0.29) is 6.04 Å². The maximum atomic E-state index is 5.76. The van der Waals surface area contributed by atoms with E-state index in [9.17, 15) is 0 Å². The molecule has 1 aromatic carbocycles. The zero-order valence-electron chi connectivity index (χ0n) is 12.0. The van der Waals surface area contributed by atoms with Gasteiger partial charge in [-0.3, -0.25) is 5.84 Å².